The summed E-state index contributed by atoms with van der Waals surface area (Å²) >= 11 is 0. The number of anilines is 1. The van der Waals surface area contributed by atoms with Crippen molar-refractivity contribution in [1.29, 1.82) is 0 Å². The van der Waals surface area contributed by atoms with Crippen molar-refractivity contribution in [3.8, 4) is 0 Å². The quantitative estimate of drug-likeness (QED) is 0.236. The lowest BCUT2D eigenvalue weighted by Gasteiger charge is -2.10. The highest BCUT2D eigenvalue weighted by Gasteiger charge is 2.25. The van der Waals surface area contributed by atoms with Crippen molar-refractivity contribution in [2.75, 3.05) is 19.0 Å². The number of esters is 1. The molecule has 2 N–H and O–H groups in total. The lowest BCUT2D eigenvalue weighted by molar-refractivity contribution is -0.140. The molecular formula is C25H29FN2O3. The van der Waals surface area contributed by atoms with Gasteiger partial charge in [0.1, 0.15) is 5.82 Å². The number of nitrogens with one attached hydrogen (secondary N) is 2. The summed E-state index contributed by atoms with van der Waals surface area (Å²) in [4.78, 5) is 23.8. The lowest BCUT2D eigenvalue weighted by Crippen LogP contribution is -2.26. The second-order valence-corrected chi connectivity index (χ2v) is 7.75. The van der Waals surface area contributed by atoms with E-state index in [0.717, 1.165) is 49.9 Å². The Kier molecular flexibility index (Phi) is 8.21. The second-order valence-electron chi connectivity index (χ2n) is 7.75. The minimum Gasteiger partial charge on any atom is -0.469 e. The van der Waals surface area contributed by atoms with E-state index < -0.39 is 0 Å². The summed E-state index contributed by atoms with van der Waals surface area (Å²) in [6.07, 6.45) is 7.06. The van der Waals surface area contributed by atoms with Crippen LogP contribution in [-0.2, 0) is 14.3 Å². The summed E-state index contributed by atoms with van der Waals surface area (Å²) in [7, 11) is 1.41. The maximum Gasteiger partial charge on any atom is 0.305 e. The van der Waals surface area contributed by atoms with Gasteiger partial charge in [-0.2, -0.15) is 0 Å². The van der Waals surface area contributed by atoms with Crippen LogP contribution in [0, 0.1) is 5.82 Å². The molecule has 31 heavy (non-hydrogen) atoms. The van der Waals surface area contributed by atoms with Crippen LogP contribution in [0.3, 0.4) is 0 Å². The van der Waals surface area contributed by atoms with Gasteiger partial charge in [-0.25, -0.2) is 4.39 Å². The molecule has 1 aliphatic carbocycles. The average molecular weight is 425 g/mol. The van der Waals surface area contributed by atoms with Gasteiger partial charge >= 0.3 is 5.97 Å². The monoisotopic (exact) mass is 424 g/mol. The molecule has 0 radical (unpaired) electrons. The molecule has 0 bridgehead atoms. The smallest absolute Gasteiger partial charge is 0.305 e. The molecule has 1 aliphatic rings. The maximum absolute atomic E-state index is 13.3. The molecule has 164 valence electrons. The number of amides is 1. The standard InChI is InChI=1S/C25H29FN2O3/c1-31-24(29)5-3-2-4-16-27-21-12-6-18(7-13-21)17-23(25(30)28-22-14-15-22)19-8-10-20(26)11-9-19/h6-13,17,22,27H,2-5,14-16H2,1H3,(H,28,30). The number of carbonyl (C=O) groups is 2. The molecule has 0 saturated heterocycles. The van der Waals surface area contributed by atoms with Gasteiger partial charge in [0.2, 0.25) is 0 Å². The van der Waals surface area contributed by atoms with Crippen molar-refractivity contribution in [2.45, 2.75) is 44.6 Å². The minimum absolute atomic E-state index is 0.136. The number of benzene rings is 2. The Morgan fingerprint density at radius 2 is 1.74 bits per heavy atom. The van der Waals surface area contributed by atoms with Crippen LogP contribution < -0.4 is 10.6 Å². The fourth-order valence-electron chi connectivity index (χ4n) is 3.17. The van der Waals surface area contributed by atoms with E-state index in [4.69, 9.17) is 0 Å². The highest BCUT2D eigenvalue weighted by molar-refractivity contribution is 6.24. The number of ether oxygens (including phenoxy) is 1. The zero-order valence-corrected chi connectivity index (χ0v) is 17.8. The fraction of sp³-hybridized carbons (Fsp3) is 0.360. The number of rotatable bonds is 11. The number of halogens is 1. The summed E-state index contributed by atoms with van der Waals surface area (Å²) in [5.74, 6) is -0.628. The second kappa shape index (κ2) is 11.3. The predicted molar refractivity (Wildman–Crippen MR) is 121 cm³/mol. The number of carbonyl (C=O) groups excluding carboxylic acids is 2. The van der Waals surface area contributed by atoms with Crippen LogP contribution in [-0.4, -0.2) is 31.6 Å². The topological polar surface area (TPSA) is 67.4 Å². The van der Waals surface area contributed by atoms with Gasteiger partial charge in [-0.3, -0.25) is 9.59 Å². The van der Waals surface area contributed by atoms with Gasteiger partial charge in [0.05, 0.1) is 7.11 Å². The Morgan fingerprint density at radius 3 is 2.39 bits per heavy atom. The Balaban J connectivity index is 1.58. The maximum atomic E-state index is 13.3. The van der Waals surface area contributed by atoms with Gasteiger partial charge in [-0.15, -0.1) is 0 Å². The first-order valence-corrected chi connectivity index (χ1v) is 10.7. The van der Waals surface area contributed by atoms with Crippen molar-refractivity contribution < 1.29 is 18.7 Å². The number of hydrogen-bond acceptors (Lipinski definition) is 4. The summed E-state index contributed by atoms with van der Waals surface area (Å²) < 4.78 is 18.0. The molecule has 2 aromatic carbocycles. The van der Waals surface area contributed by atoms with E-state index in [1.54, 1.807) is 12.1 Å². The van der Waals surface area contributed by atoms with Crippen LogP contribution in [0.1, 0.15) is 49.7 Å². The molecule has 1 fully saturated rings. The normalized spacial score (nSPS) is 13.5. The van der Waals surface area contributed by atoms with Crippen LogP contribution in [0.2, 0.25) is 0 Å². The summed E-state index contributed by atoms with van der Waals surface area (Å²) in [6, 6.07) is 14.1. The fourth-order valence-corrected chi connectivity index (χ4v) is 3.17. The van der Waals surface area contributed by atoms with Crippen LogP contribution in [0.25, 0.3) is 11.6 Å². The molecule has 0 spiro atoms. The molecule has 2 aromatic rings. The van der Waals surface area contributed by atoms with Crippen molar-refractivity contribution >= 4 is 29.2 Å². The molecule has 1 saturated carbocycles. The van der Waals surface area contributed by atoms with Crippen molar-refractivity contribution in [3.63, 3.8) is 0 Å². The average Bonchev–Trinajstić information content (AvgIpc) is 3.59. The van der Waals surface area contributed by atoms with E-state index in [1.807, 2.05) is 30.3 Å². The van der Waals surface area contributed by atoms with Gasteiger partial charge in [0, 0.05) is 30.3 Å². The molecule has 0 unspecified atom stereocenters. The largest absolute Gasteiger partial charge is 0.469 e. The lowest BCUT2D eigenvalue weighted by atomic mass is 10.0. The van der Waals surface area contributed by atoms with Crippen molar-refractivity contribution in [3.05, 3.63) is 65.5 Å². The highest BCUT2D eigenvalue weighted by Crippen LogP contribution is 2.24. The van der Waals surface area contributed by atoms with E-state index in [1.165, 1.54) is 19.2 Å². The molecule has 6 heteroatoms. The Morgan fingerprint density at radius 1 is 1.03 bits per heavy atom. The third kappa shape index (κ3) is 7.55. The first-order chi connectivity index (χ1) is 15.0. The number of unbranched alkanes of at least 4 members (excludes halogenated alkanes) is 2. The SMILES string of the molecule is COC(=O)CCCCCNc1ccc(C=C(C(=O)NC2CC2)c2ccc(F)cc2)cc1. The van der Waals surface area contributed by atoms with E-state index in [2.05, 4.69) is 15.4 Å². The minimum atomic E-state index is -0.327. The number of hydrogen-bond donors (Lipinski definition) is 2. The molecule has 0 heterocycles. The van der Waals surface area contributed by atoms with Crippen LogP contribution >= 0.6 is 0 Å². The molecule has 1 amide bonds. The molecule has 5 nitrogen and oxygen atoms in total. The summed E-state index contributed by atoms with van der Waals surface area (Å²) in [5.41, 5.74) is 3.11. The number of methoxy groups -OCH3 is 1. The Bertz CT molecular complexity index is 903. The molecule has 0 aliphatic heterocycles. The molecule has 3 rings (SSSR count). The Labute approximate surface area is 182 Å². The highest BCUT2D eigenvalue weighted by atomic mass is 19.1. The van der Waals surface area contributed by atoms with E-state index in [-0.39, 0.29) is 23.7 Å². The predicted octanol–water partition coefficient (Wildman–Crippen LogP) is 4.79. The van der Waals surface area contributed by atoms with Crippen LogP contribution in [0.5, 0.6) is 0 Å². The van der Waals surface area contributed by atoms with Gasteiger partial charge in [-0.05, 0) is 67.2 Å². The first-order valence-electron chi connectivity index (χ1n) is 10.7. The van der Waals surface area contributed by atoms with Gasteiger partial charge < -0.3 is 15.4 Å². The van der Waals surface area contributed by atoms with E-state index >= 15 is 0 Å². The van der Waals surface area contributed by atoms with Crippen LogP contribution in [0.15, 0.2) is 48.5 Å². The van der Waals surface area contributed by atoms with Gasteiger partial charge in [0.25, 0.3) is 5.91 Å². The Hall–Kier alpha value is -3.15. The van der Waals surface area contributed by atoms with Gasteiger partial charge in [0.15, 0.2) is 0 Å². The summed E-state index contributed by atoms with van der Waals surface area (Å²) in [6.45, 7) is 0.820. The van der Waals surface area contributed by atoms with Crippen molar-refractivity contribution in [1.82, 2.24) is 5.32 Å². The van der Waals surface area contributed by atoms with E-state index in [9.17, 15) is 14.0 Å². The van der Waals surface area contributed by atoms with E-state index in [0.29, 0.717) is 17.6 Å². The van der Waals surface area contributed by atoms with Crippen molar-refractivity contribution in [2.24, 2.45) is 0 Å². The summed E-state index contributed by atoms with van der Waals surface area (Å²) in [5, 5.41) is 6.38. The zero-order chi connectivity index (χ0) is 22.1. The zero-order valence-electron chi connectivity index (χ0n) is 17.8. The van der Waals surface area contributed by atoms with Crippen LogP contribution in [0.4, 0.5) is 10.1 Å². The first kappa shape index (κ1) is 22.5. The third-order valence-corrected chi connectivity index (χ3v) is 5.15. The molecular weight excluding hydrogens is 395 g/mol. The van der Waals surface area contributed by atoms with Gasteiger partial charge in [-0.1, -0.05) is 30.7 Å². The molecule has 0 atom stereocenters. The third-order valence-electron chi connectivity index (χ3n) is 5.15. The molecule has 0 aromatic heterocycles.